The molecule has 1 aromatic rings. The normalized spacial score (nSPS) is 25.4. The van der Waals surface area contributed by atoms with Gasteiger partial charge in [-0.15, -0.1) is 0 Å². The highest BCUT2D eigenvalue weighted by Gasteiger charge is 2.54. The van der Waals surface area contributed by atoms with E-state index in [0.717, 1.165) is 13.1 Å². The van der Waals surface area contributed by atoms with Crippen LogP contribution in [0.2, 0.25) is 0 Å². The van der Waals surface area contributed by atoms with Gasteiger partial charge in [-0.2, -0.15) is 0 Å². The van der Waals surface area contributed by atoms with Gasteiger partial charge in [0.15, 0.2) is 11.8 Å². The topological polar surface area (TPSA) is 83.2 Å². The summed E-state index contributed by atoms with van der Waals surface area (Å²) in [5, 5.41) is 9.38. The van der Waals surface area contributed by atoms with Crippen molar-refractivity contribution in [2.45, 2.75) is 24.6 Å². The smallest absolute Gasteiger partial charge is 0.328 e. The molecule has 1 N–H and O–H groups in total. The first kappa shape index (κ1) is 14.1. The number of carbonyl (C=O) groups is 2. The van der Waals surface area contributed by atoms with Crippen molar-refractivity contribution in [3.63, 3.8) is 0 Å². The van der Waals surface area contributed by atoms with Crippen LogP contribution in [0.5, 0.6) is 0 Å². The van der Waals surface area contributed by atoms with Gasteiger partial charge in [-0.1, -0.05) is 0 Å². The van der Waals surface area contributed by atoms with Crippen LogP contribution in [0.3, 0.4) is 0 Å². The molecule has 0 aliphatic carbocycles. The molecule has 0 bridgehead atoms. The second-order valence-corrected chi connectivity index (χ2v) is 5.57. The molecule has 3 rings (SSSR count). The summed E-state index contributed by atoms with van der Waals surface area (Å²) in [4.78, 5) is 27.6. The number of carboxylic acids is 1. The van der Waals surface area contributed by atoms with Crippen LogP contribution in [0.4, 0.5) is 0 Å². The van der Waals surface area contributed by atoms with Gasteiger partial charge in [-0.3, -0.25) is 9.69 Å². The number of nitrogens with zero attached hydrogens (tertiary/aromatic N) is 2. The summed E-state index contributed by atoms with van der Waals surface area (Å²) in [6, 6.07) is 2.19. The van der Waals surface area contributed by atoms with Crippen molar-refractivity contribution in [1.29, 1.82) is 0 Å². The molecule has 114 valence electrons. The molecule has 7 heteroatoms. The maximum Gasteiger partial charge on any atom is 0.328 e. The van der Waals surface area contributed by atoms with Crippen LogP contribution in [-0.4, -0.2) is 65.3 Å². The van der Waals surface area contributed by atoms with Crippen molar-refractivity contribution in [3.8, 4) is 0 Å². The van der Waals surface area contributed by atoms with E-state index in [0.29, 0.717) is 12.8 Å². The highest BCUT2D eigenvalue weighted by atomic mass is 16.5. The molecule has 0 radical (unpaired) electrons. The highest BCUT2D eigenvalue weighted by molar-refractivity contribution is 5.95. The molecule has 1 spiro atoms. The molecule has 1 aromatic heterocycles. The zero-order valence-corrected chi connectivity index (χ0v) is 11.8. The summed E-state index contributed by atoms with van der Waals surface area (Å²) in [6.45, 7) is 1.54. The van der Waals surface area contributed by atoms with Gasteiger partial charge in [0.1, 0.15) is 5.72 Å². The summed E-state index contributed by atoms with van der Waals surface area (Å²) in [7, 11) is 2.00. The number of likely N-dealkylation sites (tertiary alicyclic amines) is 1. The van der Waals surface area contributed by atoms with Gasteiger partial charge >= 0.3 is 5.97 Å². The monoisotopic (exact) mass is 294 g/mol. The van der Waals surface area contributed by atoms with Crippen molar-refractivity contribution in [3.05, 3.63) is 24.2 Å². The molecule has 1 atom stereocenters. The van der Waals surface area contributed by atoms with E-state index in [4.69, 9.17) is 9.15 Å². The fourth-order valence-electron chi connectivity index (χ4n) is 3.04. The van der Waals surface area contributed by atoms with Gasteiger partial charge in [0, 0.05) is 25.9 Å². The van der Waals surface area contributed by atoms with E-state index < -0.39 is 23.6 Å². The predicted octanol–water partition coefficient (Wildman–Crippen LogP) is 0.627. The van der Waals surface area contributed by atoms with Crippen molar-refractivity contribution in [2.75, 3.05) is 26.7 Å². The van der Waals surface area contributed by atoms with E-state index in [9.17, 15) is 14.7 Å². The maximum absolute atomic E-state index is 12.7. The minimum atomic E-state index is -1.05. The van der Waals surface area contributed by atoms with Gasteiger partial charge in [0.05, 0.1) is 12.9 Å². The number of carbonyl (C=O) groups excluding carboxylic acids is 1. The molecule has 2 fully saturated rings. The Morgan fingerprint density at radius 2 is 2.10 bits per heavy atom. The molecule has 2 aliphatic heterocycles. The molecule has 21 heavy (non-hydrogen) atoms. The molecule has 7 nitrogen and oxygen atoms in total. The lowest BCUT2D eigenvalue weighted by atomic mass is 9.98. The zero-order chi connectivity index (χ0) is 15.0. The standard InChI is InChI=1S/C14H18N2O5/c1-15-6-4-14(5-7-15)16(10(9-21-14)13(18)19)12(17)11-3-2-8-20-11/h2-3,8,10H,4-7,9H2,1H3,(H,18,19)/t10-/m1/s1. The van der Waals surface area contributed by atoms with Crippen LogP contribution < -0.4 is 0 Å². The van der Waals surface area contributed by atoms with Gasteiger partial charge in [-0.05, 0) is 19.2 Å². The molecule has 2 aliphatic rings. The van der Waals surface area contributed by atoms with Crippen LogP contribution in [0.25, 0.3) is 0 Å². The molecule has 0 saturated carbocycles. The van der Waals surface area contributed by atoms with Crippen LogP contribution in [0.15, 0.2) is 22.8 Å². The first-order valence-electron chi connectivity index (χ1n) is 6.96. The van der Waals surface area contributed by atoms with Crippen LogP contribution in [-0.2, 0) is 9.53 Å². The summed E-state index contributed by atoms with van der Waals surface area (Å²) in [5.41, 5.74) is -0.834. The lowest BCUT2D eigenvalue weighted by Crippen LogP contribution is -2.57. The molecule has 0 aromatic carbocycles. The second kappa shape index (κ2) is 5.16. The molecule has 2 saturated heterocycles. The molecular formula is C14H18N2O5. The first-order valence-corrected chi connectivity index (χ1v) is 6.96. The van der Waals surface area contributed by atoms with Crippen molar-refractivity contribution in [1.82, 2.24) is 9.80 Å². The summed E-state index contributed by atoms with van der Waals surface area (Å²) < 4.78 is 10.9. The van der Waals surface area contributed by atoms with Gasteiger partial charge < -0.3 is 19.2 Å². The Labute approximate surface area is 122 Å². The SMILES string of the molecule is CN1CCC2(CC1)OC[C@H](C(=O)O)N2C(=O)c1ccco1. The molecule has 0 unspecified atom stereocenters. The Kier molecular flexibility index (Phi) is 3.46. The average Bonchev–Trinajstić information content (AvgIpc) is 3.10. The number of hydrogen-bond donors (Lipinski definition) is 1. The molecular weight excluding hydrogens is 276 g/mol. The number of amides is 1. The number of carboxylic acid groups (broad SMARTS) is 1. The van der Waals surface area contributed by atoms with E-state index in [1.807, 2.05) is 7.05 Å². The van der Waals surface area contributed by atoms with Crippen molar-refractivity contribution in [2.24, 2.45) is 0 Å². The second-order valence-electron chi connectivity index (χ2n) is 5.57. The third kappa shape index (κ3) is 2.32. The lowest BCUT2D eigenvalue weighted by molar-refractivity contribution is -0.143. The molecule has 3 heterocycles. The number of ether oxygens (including phenoxy) is 1. The number of piperidine rings is 1. The summed E-state index contributed by atoms with van der Waals surface area (Å²) >= 11 is 0. The van der Waals surface area contributed by atoms with Gasteiger partial charge in [0.25, 0.3) is 5.91 Å². The van der Waals surface area contributed by atoms with Crippen LogP contribution in [0.1, 0.15) is 23.4 Å². The number of furan rings is 1. The Balaban J connectivity index is 1.93. The number of rotatable bonds is 2. The lowest BCUT2D eigenvalue weighted by Gasteiger charge is -2.43. The van der Waals surface area contributed by atoms with Crippen LogP contribution in [0, 0.1) is 0 Å². The van der Waals surface area contributed by atoms with E-state index in [-0.39, 0.29) is 12.4 Å². The molecule has 1 amide bonds. The van der Waals surface area contributed by atoms with E-state index in [2.05, 4.69) is 4.90 Å². The zero-order valence-electron chi connectivity index (χ0n) is 11.8. The largest absolute Gasteiger partial charge is 0.480 e. The third-order valence-electron chi connectivity index (χ3n) is 4.26. The predicted molar refractivity (Wildman–Crippen MR) is 71.7 cm³/mol. The summed E-state index contributed by atoms with van der Waals surface area (Å²) in [6.07, 6.45) is 2.60. The number of aliphatic carboxylic acids is 1. The van der Waals surface area contributed by atoms with Gasteiger partial charge in [-0.25, -0.2) is 4.79 Å². The van der Waals surface area contributed by atoms with E-state index >= 15 is 0 Å². The van der Waals surface area contributed by atoms with Crippen LogP contribution >= 0.6 is 0 Å². The minimum Gasteiger partial charge on any atom is -0.480 e. The fourth-order valence-corrected chi connectivity index (χ4v) is 3.04. The van der Waals surface area contributed by atoms with E-state index in [1.165, 1.54) is 11.2 Å². The quantitative estimate of drug-likeness (QED) is 0.861. The Morgan fingerprint density at radius 1 is 1.38 bits per heavy atom. The fraction of sp³-hybridized carbons (Fsp3) is 0.571. The average molecular weight is 294 g/mol. The van der Waals surface area contributed by atoms with E-state index in [1.54, 1.807) is 12.1 Å². The third-order valence-corrected chi connectivity index (χ3v) is 4.26. The highest BCUT2D eigenvalue weighted by Crippen LogP contribution is 2.38. The summed E-state index contributed by atoms with van der Waals surface area (Å²) in [5.74, 6) is -1.33. The van der Waals surface area contributed by atoms with Crippen molar-refractivity contribution >= 4 is 11.9 Å². The van der Waals surface area contributed by atoms with Crippen molar-refractivity contribution < 1.29 is 23.8 Å². The first-order chi connectivity index (χ1) is 10.0. The minimum absolute atomic E-state index is 0.0193. The Bertz CT molecular complexity index is 534. The maximum atomic E-state index is 12.7. The Morgan fingerprint density at radius 3 is 2.67 bits per heavy atom. The Hall–Kier alpha value is -1.86. The van der Waals surface area contributed by atoms with Gasteiger partial charge in [0.2, 0.25) is 0 Å². The number of hydrogen-bond acceptors (Lipinski definition) is 5.